The Hall–Kier alpha value is -0.900. The fourth-order valence-corrected chi connectivity index (χ4v) is 3.02. The summed E-state index contributed by atoms with van der Waals surface area (Å²) in [5, 5.41) is 0.149. The maximum atomic E-state index is 13.1. The van der Waals surface area contributed by atoms with Crippen molar-refractivity contribution in [3.05, 3.63) is 46.0 Å². The molecule has 0 aliphatic heterocycles. The molecule has 1 heterocycles. The number of benzene rings is 1. The average molecular weight is 284 g/mol. The molecule has 96 valence electrons. The highest BCUT2D eigenvalue weighted by atomic mass is 35.5. The van der Waals surface area contributed by atoms with Crippen LogP contribution in [0.5, 0.6) is 0 Å². The number of thiophene rings is 1. The van der Waals surface area contributed by atoms with Crippen LogP contribution >= 0.6 is 22.9 Å². The number of hydrogen-bond donors (Lipinski definition) is 1. The van der Waals surface area contributed by atoms with Crippen LogP contribution < -0.4 is 5.73 Å². The summed E-state index contributed by atoms with van der Waals surface area (Å²) >= 11 is 7.42. The summed E-state index contributed by atoms with van der Waals surface area (Å²) < 4.78 is 13.1. The third-order valence-electron chi connectivity index (χ3n) is 2.88. The van der Waals surface area contributed by atoms with Crippen molar-refractivity contribution in [1.82, 2.24) is 0 Å². The molecule has 4 heteroatoms. The SMILES string of the molecule is CC(C)C(N)c1ccc(-c2ccc(F)c(Cl)c2)s1. The number of rotatable bonds is 3. The Labute approximate surface area is 115 Å². The summed E-state index contributed by atoms with van der Waals surface area (Å²) in [5.74, 6) is 0.00406. The van der Waals surface area contributed by atoms with E-state index in [1.807, 2.05) is 12.1 Å². The lowest BCUT2D eigenvalue weighted by Gasteiger charge is -2.12. The van der Waals surface area contributed by atoms with E-state index in [4.69, 9.17) is 17.3 Å². The molecule has 0 saturated carbocycles. The average Bonchev–Trinajstić information content (AvgIpc) is 2.81. The molecular formula is C14H15ClFNS. The molecule has 0 aliphatic carbocycles. The van der Waals surface area contributed by atoms with Crippen molar-refractivity contribution < 1.29 is 4.39 Å². The van der Waals surface area contributed by atoms with Gasteiger partial charge in [-0.25, -0.2) is 4.39 Å². The molecule has 1 aromatic heterocycles. The maximum absolute atomic E-state index is 13.1. The fourth-order valence-electron chi connectivity index (χ4n) is 1.67. The van der Waals surface area contributed by atoms with E-state index in [0.29, 0.717) is 5.92 Å². The van der Waals surface area contributed by atoms with Crippen molar-refractivity contribution >= 4 is 22.9 Å². The second kappa shape index (κ2) is 5.39. The van der Waals surface area contributed by atoms with Gasteiger partial charge in [0.25, 0.3) is 0 Å². The summed E-state index contributed by atoms with van der Waals surface area (Å²) in [5.41, 5.74) is 7.03. The Kier molecular flexibility index (Phi) is 4.05. The molecule has 1 unspecified atom stereocenters. The molecule has 0 bridgehead atoms. The van der Waals surface area contributed by atoms with Crippen LogP contribution in [-0.2, 0) is 0 Å². The van der Waals surface area contributed by atoms with Gasteiger partial charge >= 0.3 is 0 Å². The Morgan fingerprint density at radius 2 is 1.94 bits per heavy atom. The van der Waals surface area contributed by atoms with Crippen LogP contribution in [0.4, 0.5) is 4.39 Å². The molecule has 18 heavy (non-hydrogen) atoms. The minimum atomic E-state index is -0.393. The molecular weight excluding hydrogens is 269 g/mol. The van der Waals surface area contributed by atoms with Crippen LogP contribution in [-0.4, -0.2) is 0 Å². The Morgan fingerprint density at radius 1 is 1.22 bits per heavy atom. The van der Waals surface area contributed by atoms with Gasteiger partial charge < -0.3 is 5.73 Å². The van der Waals surface area contributed by atoms with E-state index in [9.17, 15) is 4.39 Å². The second-order valence-electron chi connectivity index (χ2n) is 4.60. The van der Waals surface area contributed by atoms with E-state index < -0.39 is 5.82 Å². The largest absolute Gasteiger partial charge is 0.323 e. The fraction of sp³-hybridized carbons (Fsp3) is 0.286. The quantitative estimate of drug-likeness (QED) is 0.855. The van der Waals surface area contributed by atoms with Gasteiger partial charge in [-0.05, 0) is 35.7 Å². The third-order valence-corrected chi connectivity index (χ3v) is 4.40. The summed E-state index contributed by atoms with van der Waals surface area (Å²) in [6, 6.07) is 8.85. The lowest BCUT2D eigenvalue weighted by Crippen LogP contribution is -2.14. The lowest BCUT2D eigenvalue weighted by molar-refractivity contribution is 0.521. The highest BCUT2D eigenvalue weighted by molar-refractivity contribution is 7.15. The Bertz CT molecular complexity index is 550. The van der Waals surface area contributed by atoms with Crippen LogP contribution in [0.1, 0.15) is 24.8 Å². The zero-order chi connectivity index (χ0) is 13.3. The first-order chi connectivity index (χ1) is 8.49. The molecule has 0 amide bonds. The van der Waals surface area contributed by atoms with Crippen molar-refractivity contribution in [3.8, 4) is 10.4 Å². The molecule has 2 aromatic rings. The van der Waals surface area contributed by atoms with Crippen molar-refractivity contribution in [2.75, 3.05) is 0 Å². The van der Waals surface area contributed by atoms with E-state index in [-0.39, 0.29) is 11.1 Å². The standard InChI is InChI=1S/C14H15ClFNS/c1-8(2)14(17)13-6-5-12(18-13)9-3-4-11(16)10(15)7-9/h3-8,14H,17H2,1-2H3. The van der Waals surface area contributed by atoms with Crippen LogP contribution in [0, 0.1) is 11.7 Å². The number of hydrogen-bond acceptors (Lipinski definition) is 2. The molecule has 1 aromatic carbocycles. The van der Waals surface area contributed by atoms with Crippen LogP contribution in [0.3, 0.4) is 0 Å². The third kappa shape index (κ3) is 2.74. The van der Waals surface area contributed by atoms with E-state index in [1.54, 1.807) is 23.5 Å². The molecule has 0 saturated heterocycles. The summed E-state index contributed by atoms with van der Waals surface area (Å²) in [6.45, 7) is 4.19. The van der Waals surface area contributed by atoms with Crippen molar-refractivity contribution in [3.63, 3.8) is 0 Å². The smallest absolute Gasteiger partial charge is 0.141 e. The topological polar surface area (TPSA) is 26.0 Å². The van der Waals surface area contributed by atoms with Gasteiger partial charge in [0.2, 0.25) is 0 Å². The molecule has 0 fully saturated rings. The van der Waals surface area contributed by atoms with Crippen LogP contribution in [0.2, 0.25) is 5.02 Å². The molecule has 0 aliphatic rings. The van der Waals surface area contributed by atoms with Gasteiger partial charge in [0.05, 0.1) is 5.02 Å². The summed E-state index contributed by atoms with van der Waals surface area (Å²) in [6.07, 6.45) is 0. The van der Waals surface area contributed by atoms with E-state index >= 15 is 0 Å². The molecule has 0 radical (unpaired) electrons. The maximum Gasteiger partial charge on any atom is 0.141 e. The lowest BCUT2D eigenvalue weighted by atomic mass is 10.0. The first kappa shape index (κ1) is 13.5. The highest BCUT2D eigenvalue weighted by Gasteiger charge is 2.14. The van der Waals surface area contributed by atoms with Crippen molar-refractivity contribution in [2.24, 2.45) is 11.7 Å². The van der Waals surface area contributed by atoms with Crippen molar-refractivity contribution in [1.29, 1.82) is 0 Å². The van der Waals surface area contributed by atoms with Gasteiger partial charge in [0.15, 0.2) is 0 Å². The van der Waals surface area contributed by atoms with Crippen LogP contribution in [0.25, 0.3) is 10.4 Å². The minimum Gasteiger partial charge on any atom is -0.323 e. The molecule has 0 spiro atoms. The molecule has 2 N–H and O–H groups in total. The predicted molar refractivity (Wildman–Crippen MR) is 76.5 cm³/mol. The first-order valence-electron chi connectivity index (χ1n) is 5.79. The molecule has 2 rings (SSSR count). The predicted octanol–water partition coefficient (Wildman–Crippen LogP) is 4.86. The number of halogens is 2. The molecule has 1 atom stereocenters. The summed E-state index contributed by atoms with van der Waals surface area (Å²) in [7, 11) is 0. The second-order valence-corrected chi connectivity index (χ2v) is 6.12. The van der Waals surface area contributed by atoms with Gasteiger partial charge in [0, 0.05) is 15.8 Å². The Morgan fingerprint density at radius 3 is 2.56 bits per heavy atom. The van der Waals surface area contributed by atoms with E-state index in [2.05, 4.69) is 13.8 Å². The van der Waals surface area contributed by atoms with Gasteiger partial charge in [0.1, 0.15) is 5.82 Å². The van der Waals surface area contributed by atoms with Gasteiger partial charge in [-0.2, -0.15) is 0 Å². The van der Waals surface area contributed by atoms with Gasteiger partial charge in [-0.15, -0.1) is 11.3 Å². The zero-order valence-electron chi connectivity index (χ0n) is 10.3. The van der Waals surface area contributed by atoms with E-state index in [1.165, 1.54) is 6.07 Å². The zero-order valence-corrected chi connectivity index (χ0v) is 11.9. The minimum absolute atomic E-state index is 0.0414. The monoisotopic (exact) mass is 283 g/mol. The van der Waals surface area contributed by atoms with Crippen molar-refractivity contribution in [2.45, 2.75) is 19.9 Å². The van der Waals surface area contributed by atoms with E-state index in [0.717, 1.165) is 15.3 Å². The summed E-state index contributed by atoms with van der Waals surface area (Å²) in [4.78, 5) is 2.20. The molecule has 1 nitrogen and oxygen atoms in total. The first-order valence-corrected chi connectivity index (χ1v) is 6.99. The highest BCUT2D eigenvalue weighted by Crippen LogP contribution is 2.34. The Balaban J connectivity index is 2.32. The van der Waals surface area contributed by atoms with Gasteiger partial charge in [-0.3, -0.25) is 0 Å². The normalized spacial score (nSPS) is 13.0. The van der Waals surface area contributed by atoms with Gasteiger partial charge in [-0.1, -0.05) is 31.5 Å². The number of nitrogens with two attached hydrogens (primary N) is 1. The van der Waals surface area contributed by atoms with Crippen LogP contribution in [0.15, 0.2) is 30.3 Å².